The van der Waals surface area contributed by atoms with Gasteiger partial charge < -0.3 is 14.5 Å². The molecule has 0 fully saturated rings. The van der Waals surface area contributed by atoms with Gasteiger partial charge >= 0.3 is 0 Å². The quantitative estimate of drug-likeness (QED) is 0.867. The second-order valence-electron chi connectivity index (χ2n) is 5.08. The third-order valence-corrected chi connectivity index (χ3v) is 4.18. The van der Waals surface area contributed by atoms with Gasteiger partial charge in [0.1, 0.15) is 11.9 Å². The topological polar surface area (TPSA) is 42.1 Å². The summed E-state index contributed by atoms with van der Waals surface area (Å²) in [5, 5.41) is 1.09. The van der Waals surface area contributed by atoms with Crippen LogP contribution in [0, 0.1) is 5.92 Å². The van der Waals surface area contributed by atoms with E-state index in [1.54, 1.807) is 7.11 Å². The van der Waals surface area contributed by atoms with Crippen molar-refractivity contribution in [2.45, 2.75) is 12.5 Å². The van der Waals surface area contributed by atoms with E-state index in [1.165, 1.54) is 0 Å². The van der Waals surface area contributed by atoms with Crippen molar-refractivity contribution in [3.8, 4) is 0 Å². The number of carbonyl (C=O) groups excluding carboxylic acids is 1. The molecule has 2 aromatic rings. The highest BCUT2D eigenvalue weighted by atomic mass is 16.5. The van der Waals surface area contributed by atoms with Crippen molar-refractivity contribution in [2.75, 3.05) is 7.11 Å². The Morgan fingerprint density at radius 2 is 2.15 bits per heavy atom. The van der Waals surface area contributed by atoms with Gasteiger partial charge in [-0.1, -0.05) is 36.4 Å². The first-order valence-corrected chi connectivity index (χ1v) is 6.66. The van der Waals surface area contributed by atoms with Crippen molar-refractivity contribution in [3.63, 3.8) is 0 Å². The number of para-hydroxylation sites is 1. The lowest BCUT2D eigenvalue weighted by Gasteiger charge is -2.38. The van der Waals surface area contributed by atoms with Gasteiger partial charge in [-0.05, 0) is 18.6 Å². The summed E-state index contributed by atoms with van der Waals surface area (Å²) in [7, 11) is 1.66. The number of benzene rings is 1. The van der Waals surface area contributed by atoms with Crippen LogP contribution in [-0.2, 0) is 15.1 Å². The molecule has 1 heterocycles. The Balaban J connectivity index is 2.29. The lowest BCUT2D eigenvalue weighted by atomic mass is 9.74. The molecule has 2 unspecified atom stereocenters. The van der Waals surface area contributed by atoms with Gasteiger partial charge in [-0.25, -0.2) is 0 Å². The number of H-pyrrole nitrogens is 1. The van der Waals surface area contributed by atoms with Gasteiger partial charge in [0.15, 0.2) is 0 Å². The zero-order chi connectivity index (χ0) is 14.2. The fraction of sp³-hybridized carbons (Fsp3) is 0.235. The SMILES string of the molecule is COC1(c2c[nH]c3ccccc23)C(C)=CC=CC1C=O. The van der Waals surface area contributed by atoms with Gasteiger partial charge in [0.25, 0.3) is 0 Å². The number of hydrogen-bond donors (Lipinski definition) is 1. The Morgan fingerprint density at radius 1 is 1.35 bits per heavy atom. The molecule has 0 saturated carbocycles. The molecule has 0 radical (unpaired) electrons. The normalized spacial score (nSPS) is 25.7. The van der Waals surface area contributed by atoms with Gasteiger partial charge in [-0.3, -0.25) is 0 Å². The molecule has 1 aromatic carbocycles. The number of allylic oxidation sites excluding steroid dienone is 2. The van der Waals surface area contributed by atoms with E-state index in [0.717, 1.165) is 28.3 Å². The number of methoxy groups -OCH3 is 1. The fourth-order valence-electron chi connectivity index (χ4n) is 3.16. The monoisotopic (exact) mass is 267 g/mol. The molecule has 0 saturated heterocycles. The molecule has 0 aliphatic heterocycles. The Morgan fingerprint density at radius 3 is 2.90 bits per heavy atom. The van der Waals surface area contributed by atoms with Crippen LogP contribution in [0.15, 0.2) is 54.3 Å². The third kappa shape index (κ3) is 1.60. The van der Waals surface area contributed by atoms with Gasteiger partial charge in [0.05, 0.1) is 5.92 Å². The molecule has 20 heavy (non-hydrogen) atoms. The molecule has 102 valence electrons. The summed E-state index contributed by atoms with van der Waals surface area (Å²) in [6.45, 7) is 2.01. The molecule has 3 heteroatoms. The van der Waals surface area contributed by atoms with Gasteiger partial charge in [0, 0.05) is 29.8 Å². The molecule has 0 amide bonds. The highest BCUT2D eigenvalue weighted by molar-refractivity contribution is 5.85. The number of ether oxygens (including phenoxy) is 1. The van der Waals surface area contributed by atoms with Gasteiger partial charge in [0.2, 0.25) is 0 Å². The Labute approximate surface area is 117 Å². The average Bonchev–Trinajstić information content (AvgIpc) is 2.91. The summed E-state index contributed by atoms with van der Waals surface area (Å²) < 4.78 is 5.88. The largest absolute Gasteiger partial charge is 0.368 e. The minimum Gasteiger partial charge on any atom is -0.368 e. The zero-order valence-corrected chi connectivity index (χ0v) is 11.6. The van der Waals surface area contributed by atoms with Crippen molar-refractivity contribution in [2.24, 2.45) is 5.92 Å². The van der Waals surface area contributed by atoms with Crippen LogP contribution in [0.1, 0.15) is 12.5 Å². The summed E-state index contributed by atoms with van der Waals surface area (Å²) in [5.74, 6) is -0.322. The van der Waals surface area contributed by atoms with Crippen LogP contribution in [0.5, 0.6) is 0 Å². The number of nitrogens with one attached hydrogen (secondary N) is 1. The minimum absolute atomic E-state index is 0.322. The van der Waals surface area contributed by atoms with E-state index in [4.69, 9.17) is 4.74 Å². The van der Waals surface area contributed by atoms with Crippen molar-refractivity contribution in [1.82, 2.24) is 4.98 Å². The molecule has 1 N–H and O–H groups in total. The molecule has 3 rings (SSSR count). The van der Waals surface area contributed by atoms with E-state index in [-0.39, 0.29) is 5.92 Å². The maximum atomic E-state index is 11.5. The number of hydrogen-bond acceptors (Lipinski definition) is 2. The number of aromatic amines is 1. The second-order valence-corrected chi connectivity index (χ2v) is 5.08. The Bertz CT molecular complexity index is 711. The Hall–Kier alpha value is -2.13. The van der Waals surface area contributed by atoms with Crippen molar-refractivity contribution in [3.05, 3.63) is 59.8 Å². The number of carbonyl (C=O) groups is 1. The van der Waals surface area contributed by atoms with Crippen LogP contribution in [0.4, 0.5) is 0 Å². The standard InChI is InChI=1S/C17H17NO2/c1-12-6-5-7-13(11-19)17(12,20-2)15-10-18-16-9-4-3-8-14(15)16/h3-11,13,18H,1-2H3. The van der Waals surface area contributed by atoms with E-state index < -0.39 is 5.60 Å². The van der Waals surface area contributed by atoms with Crippen LogP contribution in [0.3, 0.4) is 0 Å². The van der Waals surface area contributed by atoms with E-state index in [2.05, 4.69) is 11.1 Å². The summed E-state index contributed by atoms with van der Waals surface area (Å²) >= 11 is 0. The van der Waals surface area contributed by atoms with E-state index in [0.29, 0.717) is 0 Å². The Kier molecular flexibility index (Phi) is 3.07. The molecule has 2 atom stereocenters. The predicted octanol–water partition coefficient (Wildman–Crippen LogP) is 3.34. The second kappa shape index (κ2) is 4.76. The molecule has 1 aliphatic carbocycles. The van der Waals surface area contributed by atoms with Crippen molar-refractivity contribution >= 4 is 17.2 Å². The van der Waals surface area contributed by atoms with E-state index >= 15 is 0 Å². The summed E-state index contributed by atoms with van der Waals surface area (Å²) in [4.78, 5) is 14.8. The van der Waals surface area contributed by atoms with Crippen molar-refractivity contribution < 1.29 is 9.53 Å². The first-order chi connectivity index (χ1) is 9.74. The van der Waals surface area contributed by atoms with E-state index in [9.17, 15) is 4.79 Å². The smallest absolute Gasteiger partial charge is 0.130 e. The number of aromatic nitrogens is 1. The highest BCUT2D eigenvalue weighted by Crippen LogP contribution is 2.44. The first-order valence-electron chi connectivity index (χ1n) is 6.66. The molecular formula is C17H17NO2. The number of aldehydes is 1. The van der Waals surface area contributed by atoms with Crippen molar-refractivity contribution in [1.29, 1.82) is 0 Å². The zero-order valence-electron chi connectivity index (χ0n) is 11.6. The average molecular weight is 267 g/mol. The predicted molar refractivity (Wildman–Crippen MR) is 79.4 cm³/mol. The maximum Gasteiger partial charge on any atom is 0.130 e. The van der Waals surface area contributed by atoms with Crippen LogP contribution >= 0.6 is 0 Å². The summed E-state index contributed by atoms with van der Waals surface area (Å²) in [5.41, 5.74) is 2.36. The van der Waals surface area contributed by atoms with Crippen LogP contribution in [0.25, 0.3) is 10.9 Å². The fourth-order valence-corrected chi connectivity index (χ4v) is 3.16. The maximum absolute atomic E-state index is 11.5. The first kappa shape index (κ1) is 12.9. The molecule has 1 aromatic heterocycles. The van der Waals surface area contributed by atoms with Crippen LogP contribution < -0.4 is 0 Å². The summed E-state index contributed by atoms with van der Waals surface area (Å²) in [6, 6.07) is 8.06. The van der Waals surface area contributed by atoms with E-state index in [1.807, 2.05) is 49.5 Å². The van der Waals surface area contributed by atoms with Gasteiger partial charge in [-0.15, -0.1) is 0 Å². The lowest BCUT2D eigenvalue weighted by molar-refractivity contribution is -0.117. The summed E-state index contributed by atoms with van der Waals surface area (Å²) in [6.07, 6.45) is 8.72. The number of fused-ring (bicyclic) bond motifs is 1. The van der Waals surface area contributed by atoms with Crippen LogP contribution in [0.2, 0.25) is 0 Å². The third-order valence-electron chi connectivity index (χ3n) is 4.18. The molecule has 1 aliphatic rings. The molecule has 0 spiro atoms. The lowest BCUT2D eigenvalue weighted by Crippen LogP contribution is -2.39. The van der Waals surface area contributed by atoms with Gasteiger partial charge in [-0.2, -0.15) is 0 Å². The highest BCUT2D eigenvalue weighted by Gasteiger charge is 2.43. The molecule has 3 nitrogen and oxygen atoms in total. The van der Waals surface area contributed by atoms with Crippen LogP contribution in [-0.4, -0.2) is 18.4 Å². The molecular weight excluding hydrogens is 250 g/mol. The minimum atomic E-state index is -0.726. The molecule has 0 bridgehead atoms. The number of rotatable bonds is 3.